The predicted molar refractivity (Wildman–Crippen MR) is 108 cm³/mol. The molecule has 0 saturated carbocycles. The molecule has 146 valence electrons. The molecule has 27 heavy (non-hydrogen) atoms. The summed E-state index contributed by atoms with van der Waals surface area (Å²) < 4.78 is 28.3. The first-order chi connectivity index (χ1) is 12.7. The Kier molecular flexibility index (Phi) is 6.49. The van der Waals surface area contributed by atoms with Crippen LogP contribution in [0.4, 0.5) is 11.4 Å². The van der Waals surface area contributed by atoms with Gasteiger partial charge < -0.3 is 10.0 Å². The Bertz CT molecular complexity index is 939. The molecule has 6 nitrogen and oxygen atoms in total. The number of nitrogens with zero attached hydrogens (tertiary/aromatic N) is 1. The van der Waals surface area contributed by atoms with Crippen LogP contribution in [-0.4, -0.2) is 33.1 Å². The lowest BCUT2D eigenvalue weighted by molar-refractivity contribution is 0.0697. The highest BCUT2D eigenvalue weighted by Crippen LogP contribution is 2.29. The number of carboxylic acids is 1. The van der Waals surface area contributed by atoms with Crippen LogP contribution < -0.4 is 9.62 Å². The maximum atomic E-state index is 12.9. The summed E-state index contributed by atoms with van der Waals surface area (Å²) in [6.45, 7) is 6.58. The summed E-state index contributed by atoms with van der Waals surface area (Å²) in [5.74, 6) is -1.11. The van der Waals surface area contributed by atoms with Crippen LogP contribution in [0.2, 0.25) is 0 Å². The Morgan fingerprint density at radius 2 is 1.81 bits per heavy atom. The number of carbonyl (C=O) groups is 1. The third-order valence-corrected chi connectivity index (χ3v) is 5.90. The molecule has 0 radical (unpaired) electrons. The van der Waals surface area contributed by atoms with E-state index in [1.165, 1.54) is 12.1 Å². The van der Waals surface area contributed by atoms with Gasteiger partial charge in [0.25, 0.3) is 10.0 Å². The van der Waals surface area contributed by atoms with E-state index in [9.17, 15) is 18.3 Å². The summed E-state index contributed by atoms with van der Waals surface area (Å²) in [7, 11) is -1.98. The first-order valence-corrected chi connectivity index (χ1v) is 10.3. The third-order valence-electron chi connectivity index (χ3n) is 4.53. The van der Waals surface area contributed by atoms with Crippen molar-refractivity contribution < 1.29 is 18.3 Å². The van der Waals surface area contributed by atoms with E-state index in [2.05, 4.69) is 11.6 Å². The second kappa shape index (κ2) is 8.43. The lowest BCUT2D eigenvalue weighted by Gasteiger charge is -2.23. The van der Waals surface area contributed by atoms with Gasteiger partial charge in [0.1, 0.15) is 0 Å². The molecule has 0 amide bonds. The lowest BCUT2D eigenvalue weighted by Crippen LogP contribution is -2.22. The van der Waals surface area contributed by atoms with Crippen molar-refractivity contribution in [3.05, 3.63) is 53.1 Å². The molecule has 0 aromatic heterocycles. The fourth-order valence-electron chi connectivity index (χ4n) is 2.68. The SMILES string of the molecule is CCCCN(C)c1ccc(C(=O)O)cc1NS(=O)(=O)c1ccc(C)c(C)c1. The highest BCUT2D eigenvalue weighted by atomic mass is 32.2. The van der Waals surface area contributed by atoms with Crippen molar-refractivity contribution in [1.82, 2.24) is 0 Å². The lowest BCUT2D eigenvalue weighted by atomic mass is 10.1. The first kappa shape index (κ1) is 20.8. The Hall–Kier alpha value is -2.54. The summed E-state index contributed by atoms with van der Waals surface area (Å²) in [5, 5.41) is 9.27. The first-order valence-electron chi connectivity index (χ1n) is 8.84. The van der Waals surface area contributed by atoms with E-state index in [1.54, 1.807) is 24.3 Å². The molecule has 0 fully saturated rings. The van der Waals surface area contributed by atoms with E-state index in [1.807, 2.05) is 25.8 Å². The van der Waals surface area contributed by atoms with Gasteiger partial charge in [-0.3, -0.25) is 4.72 Å². The minimum atomic E-state index is -3.84. The quantitative estimate of drug-likeness (QED) is 0.710. The van der Waals surface area contributed by atoms with Crippen molar-refractivity contribution in [2.75, 3.05) is 23.2 Å². The smallest absolute Gasteiger partial charge is 0.335 e. The predicted octanol–water partition coefficient (Wildman–Crippen LogP) is 4.04. The van der Waals surface area contributed by atoms with Crippen LogP contribution in [0.1, 0.15) is 41.3 Å². The number of aryl methyl sites for hydroxylation is 2. The van der Waals surface area contributed by atoms with Gasteiger partial charge in [-0.05, 0) is 61.7 Å². The molecule has 2 rings (SSSR count). The Balaban J connectivity index is 2.46. The van der Waals surface area contributed by atoms with E-state index in [0.29, 0.717) is 5.69 Å². The molecule has 7 heteroatoms. The van der Waals surface area contributed by atoms with Gasteiger partial charge in [0.05, 0.1) is 21.8 Å². The number of anilines is 2. The zero-order chi connectivity index (χ0) is 20.2. The van der Waals surface area contributed by atoms with E-state index in [4.69, 9.17) is 0 Å². The monoisotopic (exact) mass is 390 g/mol. The third kappa shape index (κ3) is 5.01. The number of sulfonamides is 1. The number of hydrogen-bond acceptors (Lipinski definition) is 4. The minimum absolute atomic E-state index is 0.0282. The molecule has 2 aromatic rings. The number of carboxylic acid groups (broad SMARTS) is 1. The molecule has 0 atom stereocenters. The topological polar surface area (TPSA) is 86.7 Å². The molecule has 0 spiro atoms. The molecular formula is C20H26N2O4S. The fraction of sp³-hybridized carbons (Fsp3) is 0.350. The number of hydrogen-bond donors (Lipinski definition) is 2. The number of unbranched alkanes of at least 4 members (excludes halogenated alkanes) is 1. The van der Waals surface area contributed by atoms with Gasteiger partial charge in [0.2, 0.25) is 0 Å². The van der Waals surface area contributed by atoms with Gasteiger partial charge in [-0.1, -0.05) is 19.4 Å². The van der Waals surface area contributed by atoms with Gasteiger partial charge in [-0.2, -0.15) is 0 Å². The Morgan fingerprint density at radius 3 is 2.41 bits per heavy atom. The molecule has 0 saturated heterocycles. The van der Waals surface area contributed by atoms with Crippen LogP contribution in [0.3, 0.4) is 0 Å². The number of benzene rings is 2. The minimum Gasteiger partial charge on any atom is -0.478 e. The average molecular weight is 391 g/mol. The highest BCUT2D eigenvalue weighted by molar-refractivity contribution is 7.92. The van der Waals surface area contributed by atoms with E-state index >= 15 is 0 Å². The van der Waals surface area contributed by atoms with E-state index in [0.717, 1.165) is 30.5 Å². The van der Waals surface area contributed by atoms with Crippen LogP contribution in [0.15, 0.2) is 41.3 Å². The largest absolute Gasteiger partial charge is 0.478 e. The second-order valence-electron chi connectivity index (χ2n) is 6.66. The Morgan fingerprint density at radius 1 is 1.11 bits per heavy atom. The normalized spacial score (nSPS) is 11.3. The van der Waals surface area contributed by atoms with Crippen molar-refractivity contribution in [1.29, 1.82) is 0 Å². The van der Waals surface area contributed by atoms with Gasteiger partial charge in [-0.25, -0.2) is 13.2 Å². The van der Waals surface area contributed by atoms with Crippen LogP contribution in [0, 0.1) is 13.8 Å². The van der Waals surface area contributed by atoms with Crippen LogP contribution in [0.25, 0.3) is 0 Å². The van der Waals surface area contributed by atoms with Crippen LogP contribution in [-0.2, 0) is 10.0 Å². The molecule has 0 heterocycles. The molecule has 0 bridgehead atoms. The molecule has 0 unspecified atom stereocenters. The Labute approximate surface area is 160 Å². The van der Waals surface area contributed by atoms with Crippen molar-refractivity contribution in [2.24, 2.45) is 0 Å². The van der Waals surface area contributed by atoms with Gasteiger partial charge in [0.15, 0.2) is 0 Å². The maximum absolute atomic E-state index is 12.9. The fourth-order valence-corrected chi connectivity index (χ4v) is 3.83. The van der Waals surface area contributed by atoms with Crippen LogP contribution >= 0.6 is 0 Å². The zero-order valence-electron chi connectivity index (χ0n) is 16.1. The van der Waals surface area contributed by atoms with Crippen molar-refractivity contribution in [3.8, 4) is 0 Å². The van der Waals surface area contributed by atoms with Crippen molar-refractivity contribution in [3.63, 3.8) is 0 Å². The zero-order valence-corrected chi connectivity index (χ0v) is 16.9. The van der Waals surface area contributed by atoms with Gasteiger partial charge in [0, 0.05) is 13.6 Å². The molecule has 2 aromatic carbocycles. The molecular weight excluding hydrogens is 364 g/mol. The summed E-state index contributed by atoms with van der Waals surface area (Å²) in [6.07, 6.45) is 1.95. The van der Waals surface area contributed by atoms with Gasteiger partial charge in [-0.15, -0.1) is 0 Å². The molecule has 0 aliphatic carbocycles. The van der Waals surface area contributed by atoms with Gasteiger partial charge >= 0.3 is 5.97 Å². The summed E-state index contributed by atoms with van der Waals surface area (Å²) in [5.41, 5.74) is 2.80. The number of nitrogens with one attached hydrogen (secondary N) is 1. The molecule has 2 N–H and O–H groups in total. The summed E-state index contributed by atoms with van der Waals surface area (Å²) in [4.78, 5) is 13.4. The molecule has 0 aliphatic heterocycles. The summed E-state index contributed by atoms with van der Waals surface area (Å²) >= 11 is 0. The summed E-state index contributed by atoms with van der Waals surface area (Å²) in [6, 6.07) is 9.39. The number of aromatic carboxylic acids is 1. The van der Waals surface area contributed by atoms with Crippen molar-refractivity contribution in [2.45, 2.75) is 38.5 Å². The maximum Gasteiger partial charge on any atom is 0.335 e. The standard InChI is InChI=1S/C20H26N2O4S/c1-5-6-11-22(4)19-10-8-16(20(23)24)13-18(19)21-27(25,26)17-9-7-14(2)15(3)12-17/h7-10,12-13,21H,5-6,11H2,1-4H3,(H,23,24). The second-order valence-corrected chi connectivity index (χ2v) is 8.35. The van der Waals surface area contributed by atoms with Crippen molar-refractivity contribution >= 4 is 27.4 Å². The number of rotatable bonds is 8. The average Bonchev–Trinajstić information content (AvgIpc) is 2.61. The highest BCUT2D eigenvalue weighted by Gasteiger charge is 2.19. The van der Waals surface area contributed by atoms with Crippen LogP contribution in [0.5, 0.6) is 0 Å². The van der Waals surface area contributed by atoms with E-state index in [-0.39, 0.29) is 16.1 Å². The van der Waals surface area contributed by atoms with E-state index < -0.39 is 16.0 Å². The molecule has 0 aliphatic rings.